The number of aromatic nitrogens is 1. The van der Waals surface area contributed by atoms with E-state index in [9.17, 15) is 0 Å². The van der Waals surface area contributed by atoms with Crippen molar-refractivity contribution in [3.05, 3.63) is 121 Å². The molecule has 2 heterocycles. The lowest BCUT2D eigenvalue weighted by atomic mass is 9.78. The third kappa shape index (κ3) is 5.06. The molecule has 0 N–H and O–H groups in total. The molecule has 0 unspecified atom stereocenters. The normalized spacial score (nSPS) is 15.8. The molecule has 1 aliphatic rings. The van der Waals surface area contributed by atoms with Crippen LogP contribution in [0.25, 0.3) is 44.8 Å². The summed E-state index contributed by atoms with van der Waals surface area (Å²) in [6, 6.07) is 42.3. The van der Waals surface area contributed by atoms with E-state index in [2.05, 4.69) is 137 Å². The topological polar surface area (TPSA) is 31.4 Å². The minimum Gasteiger partial charge on any atom is -0.399 e. The van der Waals surface area contributed by atoms with E-state index >= 15 is 0 Å². The van der Waals surface area contributed by atoms with Crippen LogP contribution in [0.4, 0.5) is 0 Å². The van der Waals surface area contributed by atoms with E-state index in [1.165, 1.54) is 5.56 Å². The predicted molar refractivity (Wildman–Crippen MR) is 162 cm³/mol. The van der Waals surface area contributed by atoms with Crippen molar-refractivity contribution in [2.45, 2.75) is 38.9 Å². The van der Waals surface area contributed by atoms with Gasteiger partial charge in [-0.2, -0.15) is 0 Å². The first-order valence-electron chi connectivity index (χ1n) is 13.5. The van der Waals surface area contributed by atoms with Crippen LogP contribution < -0.4 is 5.46 Å². The number of hydrogen-bond acceptors (Lipinski definition) is 3. The number of benzene rings is 4. The number of rotatable bonds is 5. The fourth-order valence-corrected chi connectivity index (χ4v) is 4.90. The molecule has 0 aliphatic carbocycles. The van der Waals surface area contributed by atoms with E-state index < -0.39 is 0 Å². The Labute approximate surface area is 231 Å². The maximum Gasteiger partial charge on any atom is 0.494 e. The highest BCUT2D eigenvalue weighted by Gasteiger charge is 2.51. The summed E-state index contributed by atoms with van der Waals surface area (Å²) in [5.74, 6) is 0. The van der Waals surface area contributed by atoms with Crippen LogP contribution in [-0.4, -0.2) is 23.3 Å². The van der Waals surface area contributed by atoms with Crippen LogP contribution in [0.2, 0.25) is 0 Å². The van der Waals surface area contributed by atoms with Gasteiger partial charge in [-0.25, -0.2) is 4.98 Å². The second-order valence-electron chi connectivity index (χ2n) is 11.1. The lowest BCUT2D eigenvalue weighted by molar-refractivity contribution is 0.00578. The zero-order chi connectivity index (χ0) is 27.0. The molecule has 0 radical (unpaired) electrons. The van der Waals surface area contributed by atoms with Crippen LogP contribution in [0.3, 0.4) is 0 Å². The third-order valence-corrected chi connectivity index (χ3v) is 7.93. The van der Waals surface area contributed by atoms with Crippen molar-refractivity contribution in [1.82, 2.24) is 4.98 Å². The summed E-state index contributed by atoms with van der Waals surface area (Å²) in [5.41, 5.74) is 9.01. The molecule has 6 rings (SSSR count). The number of hydrogen-bond donors (Lipinski definition) is 0. The van der Waals surface area contributed by atoms with Gasteiger partial charge in [-0.05, 0) is 73.6 Å². The highest BCUT2D eigenvalue weighted by molar-refractivity contribution is 6.62. The maximum absolute atomic E-state index is 6.24. The van der Waals surface area contributed by atoms with Gasteiger partial charge in [0.25, 0.3) is 0 Å². The molecule has 4 aromatic carbocycles. The van der Waals surface area contributed by atoms with Gasteiger partial charge in [0.15, 0.2) is 0 Å². The zero-order valence-electron chi connectivity index (χ0n) is 22.9. The number of nitrogens with zero attached hydrogens (tertiary/aromatic N) is 1. The van der Waals surface area contributed by atoms with Crippen molar-refractivity contribution < 1.29 is 9.31 Å². The van der Waals surface area contributed by atoms with Crippen molar-refractivity contribution >= 4 is 12.6 Å². The fraction of sp³-hybridized carbons (Fsp3) is 0.171. The van der Waals surface area contributed by atoms with Gasteiger partial charge in [0.2, 0.25) is 0 Å². The van der Waals surface area contributed by atoms with E-state index in [-0.39, 0.29) is 18.3 Å². The van der Waals surface area contributed by atoms with Crippen molar-refractivity contribution in [2.24, 2.45) is 0 Å². The number of pyridine rings is 1. The SMILES string of the molecule is CC1(C)OB(c2ccc(-c3cccc(-c4cc(-c5ccccc5)cc(-c5ccccc5)n4)c3)cc2)OC1(C)C. The van der Waals surface area contributed by atoms with Gasteiger partial charge < -0.3 is 9.31 Å². The Balaban J connectivity index is 1.35. The molecule has 192 valence electrons. The summed E-state index contributed by atoms with van der Waals surface area (Å²) in [7, 11) is -0.364. The molecule has 0 bridgehead atoms. The Morgan fingerprint density at radius 2 is 0.949 bits per heavy atom. The summed E-state index contributed by atoms with van der Waals surface area (Å²) in [5, 5.41) is 0. The molecule has 0 spiro atoms. The molecule has 1 aliphatic heterocycles. The van der Waals surface area contributed by atoms with Crippen LogP contribution in [0.15, 0.2) is 121 Å². The van der Waals surface area contributed by atoms with E-state index in [4.69, 9.17) is 14.3 Å². The second kappa shape index (κ2) is 9.96. The Hall–Kier alpha value is -3.99. The average molecular weight is 509 g/mol. The van der Waals surface area contributed by atoms with E-state index in [1.54, 1.807) is 0 Å². The fourth-order valence-electron chi connectivity index (χ4n) is 4.90. The molecule has 1 aromatic heterocycles. The Kier molecular flexibility index (Phi) is 6.46. The van der Waals surface area contributed by atoms with Crippen LogP contribution >= 0.6 is 0 Å². The molecule has 1 fully saturated rings. The molecular formula is C35H32BNO2. The molecule has 3 nitrogen and oxygen atoms in total. The van der Waals surface area contributed by atoms with E-state index in [0.717, 1.165) is 44.7 Å². The highest BCUT2D eigenvalue weighted by atomic mass is 16.7. The van der Waals surface area contributed by atoms with Gasteiger partial charge in [-0.15, -0.1) is 0 Å². The van der Waals surface area contributed by atoms with Gasteiger partial charge in [0, 0.05) is 11.1 Å². The minimum atomic E-state index is -0.364. The average Bonchev–Trinajstić information content (AvgIpc) is 3.20. The molecular weight excluding hydrogens is 477 g/mol. The van der Waals surface area contributed by atoms with Crippen molar-refractivity contribution in [2.75, 3.05) is 0 Å². The smallest absolute Gasteiger partial charge is 0.399 e. The standard InChI is InChI=1S/C35H32BNO2/c1-34(2)35(3,4)39-36(38-34)31-20-18-26(19-21-31)28-16-11-17-29(22-28)33-24-30(25-12-7-5-8-13-25)23-32(37-33)27-14-9-6-10-15-27/h5-24H,1-4H3. The molecule has 39 heavy (non-hydrogen) atoms. The van der Waals surface area contributed by atoms with Crippen LogP contribution in [-0.2, 0) is 9.31 Å². The van der Waals surface area contributed by atoms with Gasteiger partial charge in [0.05, 0.1) is 22.6 Å². The van der Waals surface area contributed by atoms with Crippen molar-refractivity contribution in [3.63, 3.8) is 0 Å². The highest BCUT2D eigenvalue weighted by Crippen LogP contribution is 2.37. The monoisotopic (exact) mass is 509 g/mol. The summed E-state index contributed by atoms with van der Waals surface area (Å²) in [6.07, 6.45) is 0. The molecule has 0 saturated carbocycles. The quantitative estimate of drug-likeness (QED) is 0.225. The lowest BCUT2D eigenvalue weighted by Gasteiger charge is -2.32. The first kappa shape index (κ1) is 25.3. The molecule has 0 amide bonds. The second-order valence-corrected chi connectivity index (χ2v) is 11.1. The molecule has 4 heteroatoms. The summed E-state index contributed by atoms with van der Waals surface area (Å²) in [4.78, 5) is 5.09. The van der Waals surface area contributed by atoms with Gasteiger partial charge in [0.1, 0.15) is 0 Å². The lowest BCUT2D eigenvalue weighted by Crippen LogP contribution is -2.41. The van der Waals surface area contributed by atoms with E-state index in [0.29, 0.717) is 0 Å². The summed E-state index contributed by atoms with van der Waals surface area (Å²) < 4.78 is 12.5. The predicted octanol–water partition coefficient (Wildman–Crippen LogP) is 8.05. The first-order valence-corrected chi connectivity index (χ1v) is 13.5. The van der Waals surface area contributed by atoms with Gasteiger partial charge in [-0.3, -0.25) is 0 Å². The van der Waals surface area contributed by atoms with Crippen LogP contribution in [0.5, 0.6) is 0 Å². The minimum absolute atomic E-state index is 0.357. The zero-order valence-corrected chi connectivity index (χ0v) is 22.9. The van der Waals surface area contributed by atoms with Gasteiger partial charge in [-0.1, -0.05) is 103 Å². The Morgan fingerprint density at radius 1 is 0.462 bits per heavy atom. The molecule has 5 aromatic rings. The Bertz CT molecular complexity index is 1520. The van der Waals surface area contributed by atoms with Crippen molar-refractivity contribution in [3.8, 4) is 44.8 Å². The van der Waals surface area contributed by atoms with E-state index in [1.807, 2.05) is 12.1 Å². The summed E-state index contributed by atoms with van der Waals surface area (Å²) in [6.45, 7) is 8.32. The van der Waals surface area contributed by atoms with Crippen molar-refractivity contribution in [1.29, 1.82) is 0 Å². The largest absolute Gasteiger partial charge is 0.494 e. The van der Waals surface area contributed by atoms with Crippen LogP contribution in [0.1, 0.15) is 27.7 Å². The Morgan fingerprint density at radius 3 is 1.56 bits per heavy atom. The first-order chi connectivity index (χ1) is 18.8. The van der Waals surface area contributed by atoms with Gasteiger partial charge >= 0.3 is 7.12 Å². The molecule has 1 saturated heterocycles. The van der Waals surface area contributed by atoms with Crippen LogP contribution in [0, 0.1) is 0 Å². The molecule has 0 atom stereocenters. The summed E-state index contributed by atoms with van der Waals surface area (Å²) >= 11 is 0. The maximum atomic E-state index is 6.24. The third-order valence-electron chi connectivity index (χ3n) is 7.93.